The zero-order valence-corrected chi connectivity index (χ0v) is 18.7. The summed E-state index contributed by atoms with van der Waals surface area (Å²) in [6.45, 7) is 2.86. The van der Waals surface area contributed by atoms with Crippen molar-refractivity contribution < 1.29 is 37.7 Å². The van der Waals surface area contributed by atoms with Crippen LogP contribution in [0.15, 0.2) is 23.1 Å². The summed E-state index contributed by atoms with van der Waals surface area (Å²) in [5.74, 6) is -2.39. The number of thioether (sulfide) groups is 1. The molecule has 2 aliphatic carbocycles. The van der Waals surface area contributed by atoms with Gasteiger partial charge in [-0.2, -0.15) is 0 Å². The summed E-state index contributed by atoms with van der Waals surface area (Å²) in [5.41, 5.74) is 0. The van der Waals surface area contributed by atoms with Crippen LogP contribution in [-0.4, -0.2) is 43.9 Å². The van der Waals surface area contributed by atoms with Gasteiger partial charge in [-0.1, -0.05) is 11.6 Å². The average Bonchev–Trinajstić information content (AvgIpc) is 3.29. The maximum atomic E-state index is 13.4. The van der Waals surface area contributed by atoms with Crippen LogP contribution in [0.5, 0.6) is 0 Å². The van der Waals surface area contributed by atoms with Crippen molar-refractivity contribution in [1.82, 2.24) is 0 Å². The first-order valence-electron chi connectivity index (χ1n) is 9.95. The molecular weight excluding hydrogens is 451 g/mol. The van der Waals surface area contributed by atoms with Crippen LogP contribution in [0.1, 0.15) is 20.3 Å². The third kappa shape index (κ3) is 5.90. The normalized spacial score (nSPS) is 26.1. The third-order valence-electron chi connectivity index (χ3n) is 5.58. The van der Waals surface area contributed by atoms with Crippen LogP contribution < -0.4 is 0 Å². The largest absolute Gasteiger partial charge is 0.438 e. The van der Waals surface area contributed by atoms with Gasteiger partial charge in [-0.25, -0.2) is 4.39 Å². The average molecular weight is 475 g/mol. The van der Waals surface area contributed by atoms with Gasteiger partial charge in [-0.05, 0) is 49.3 Å². The Hall–Kier alpha value is -1.84. The van der Waals surface area contributed by atoms with Crippen molar-refractivity contribution in [2.75, 3.05) is 25.9 Å². The molecule has 2 aliphatic rings. The third-order valence-corrected chi connectivity index (χ3v) is 7.05. The maximum Gasteiger partial charge on any atom is 0.312 e. The molecule has 0 heterocycles. The van der Waals surface area contributed by atoms with E-state index in [1.165, 1.54) is 24.8 Å². The zero-order valence-electron chi connectivity index (χ0n) is 17.2. The van der Waals surface area contributed by atoms with E-state index in [2.05, 4.69) is 4.74 Å². The molecule has 0 aliphatic heterocycles. The molecular formula is C21H24ClFO7S. The van der Waals surface area contributed by atoms with Crippen LogP contribution in [0, 0.1) is 35.4 Å². The first-order valence-corrected chi connectivity index (χ1v) is 11.3. The molecule has 0 bridgehead atoms. The Morgan fingerprint density at radius 1 is 1.13 bits per heavy atom. The summed E-state index contributed by atoms with van der Waals surface area (Å²) in [7, 11) is 0. The van der Waals surface area contributed by atoms with Gasteiger partial charge in [0.15, 0.2) is 6.79 Å². The van der Waals surface area contributed by atoms with Crippen LogP contribution in [0.2, 0.25) is 5.02 Å². The monoisotopic (exact) mass is 474 g/mol. The zero-order chi connectivity index (χ0) is 22.5. The Morgan fingerprint density at radius 3 is 2.52 bits per heavy atom. The fourth-order valence-corrected chi connectivity index (χ4v) is 5.53. The summed E-state index contributed by atoms with van der Waals surface area (Å²) in [4.78, 5) is 36.7. The SMILES string of the molecule is CCOCOC(=O)C1C(CSc2ccc(F)c(Cl)c2)CC2C(C(=O)OCOC(C)=O)C21. The van der Waals surface area contributed by atoms with Gasteiger partial charge in [0, 0.05) is 24.2 Å². The van der Waals surface area contributed by atoms with Crippen molar-refractivity contribution in [3.05, 3.63) is 29.0 Å². The quantitative estimate of drug-likeness (QED) is 0.220. The van der Waals surface area contributed by atoms with E-state index < -0.39 is 42.4 Å². The van der Waals surface area contributed by atoms with Crippen LogP contribution in [-0.2, 0) is 33.3 Å². The predicted molar refractivity (Wildman–Crippen MR) is 110 cm³/mol. The smallest absolute Gasteiger partial charge is 0.312 e. The number of hydrogen-bond donors (Lipinski definition) is 0. The van der Waals surface area contributed by atoms with Gasteiger partial charge in [0.1, 0.15) is 5.82 Å². The molecule has 0 saturated heterocycles. The van der Waals surface area contributed by atoms with Gasteiger partial charge in [0.25, 0.3) is 0 Å². The van der Waals surface area contributed by atoms with Crippen LogP contribution in [0.25, 0.3) is 0 Å². The minimum Gasteiger partial charge on any atom is -0.438 e. The molecule has 10 heteroatoms. The van der Waals surface area contributed by atoms with E-state index >= 15 is 0 Å². The molecule has 0 spiro atoms. The summed E-state index contributed by atoms with van der Waals surface area (Å²) in [6, 6.07) is 4.49. The molecule has 3 rings (SSSR count). The van der Waals surface area contributed by atoms with Gasteiger partial charge in [0.05, 0.1) is 16.9 Å². The topological polar surface area (TPSA) is 88.1 Å². The van der Waals surface area contributed by atoms with Gasteiger partial charge < -0.3 is 18.9 Å². The van der Waals surface area contributed by atoms with Crippen LogP contribution in [0.3, 0.4) is 0 Å². The summed E-state index contributed by atoms with van der Waals surface area (Å²) in [5, 5.41) is 0.0440. The van der Waals surface area contributed by atoms with Gasteiger partial charge >= 0.3 is 17.9 Å². The molecule has 7 nitrogen and oxygen atoms in total. The van der Waals surface area contributed by atoms with Crippen molar-refractivity contribution in [2.45, 2.75) is 25.2 Å². The summed E-state index contributed by atoms with van der Waals surface area (Å²) in [6.07, 6.45) is 0.661. The summed E-state index contributed by atoms with van der Waals surface area (Å²) < 4.78 is 33.4. The lowest BCUT2D eigenvalue weighted by Gasteiger charge is -2.22. The predicted octanol–water partition coefficient (Wildman–Crippen LogP) is 3.67. The standard InChI is InChI=1S/C21H24ClFO7S/c1-3-27-9-29-20(25)17-12(8-31-13-4-5-16(23)15(22)7-13)6-14-18(17)19(14)21(26)30-10-28-11(2)24/h4-5,7,12,14,17-19H,3,6,8-10H2,1-2H3. The number of carbonyl (C=O) groups is 3. The molecule has 0 aromatic heterocycles. The minimum absolute atomic E-state index is 0.0110. The lowest BCUT2D eigenvalue weighted by atomic mass is 9.90. The number of benzene rings is 1. The number of fused-ring (bicyclic) bond motifs is 1. The fraction of sp³-hybridized carbons (Fsp3) is 0.571. The van der Waals surface area contributed by atoms with Gasteiger partial charge in [-0.15, -0.1) is 11.8 Å². The number of hydrogen-bond acceptors (Lipinski definition) is 8. The Morgan fingerprint density at radius 2 is 1.84 bits per heavy atom. The number of ether oxygens (including phenoxy) is 4. The Bertz CT molecular complexity index is 836. The number of rotatable bonds is 10. The molecule has 0 radical (unpaired) electrons. The van der Waals surface area contributed by atoms with Crippen molar-refractivity contribution >= 4 is 41.3 Å². The van der Waals surface area contributed by atoms with E-state index in [0.717, 1.165) is 4.90 Å². The second-order valence-electron chi connectivity index (χ2n) is 7.47. The molecule has 31 heavy (non-hydrogen) atoms. The number of carbonyl (C=O) groups excluding carboxylic acids is 3. The van der Waals surface area contributed by atoms with E-state index in [1.807, 2.05) is 0 Å². The van der Waals surface area contributed by atoms with Crippen LogP contribution in [0.4, 0.5) is 4.39 Å². The highest BCUT2D eigenvalue weighted by Crippen LogP contribution is 2.64. The van der Waals surface area contributed by atoms with E-state index in [1.54, 1.807) is 19.1 Å². The molecule has 1 aromatic carbocycles. The highest BCUT2D eigenvalue weighted by atomic mass is 35.5. The van der Waals surface area contributed by atoms with Crippen molar-refractivity contribution in [2.24, 2.45) is 29.6 Å². The minimum atomic E-state index is -0.542. The van der Waals surface area contributed by atoms with Gasteiger partial charge in [0.2, 0.25) is 6.79 Å². The molecule has 0 amide bonds. The van der Waals surface area contributed by atoms with E-state index in [4.69, 9.17) is 25.8 Å². The van der Waals surface area contributed by atoms with E-state index in [9.17, 15) is 18.8 Å². The van der Waals surface area contributed by atoms with Crippen molar-refractivity contribution in [3.63, 3.8) is 0 Å². The van der Waals surface area contributed by atoms with Crippen LogP contribution >= 0.6 is 23.4 Å². The Labute approximate surface area is 188 Å². The summed E-state index contributed by atoms with van der Waals surface area (Å²) >= 11 is 7.32. The molecule has 170 valence electrons. The molecule has 1 aromatic rings. The fourth-order valence-electron chi connectivity index (χ4n) is 4.17. The lowest BCUT2D eigenvalue weighted by molar-refractivity contribution is -0.167. The van der Waals surface area contributed by atoms with E-state index in [0.29, 0.717) is 18.8 Å². The number of halogens is 2. The second kappa shape index (κ2) is 10.7. The Balaban J connectivity index is 1.62. The molecule has 5 atom stereocenters. The first-order chi connectivity index (χ1) is 14.8. The van der Waals surface area contributed by atoms with Gasteiger partial charge in [-0.3, -0.25) is 14.4 Å². The molecule has 2 fully saturated rings. The Kier molecular flexibility index (Phi) is 8.18. The molecule has 5 unspecified atom stereocenters. The number of esters is 3. The highest BCUT2D eigenvalue weighted by molar-refractivity contribution is 7.99. The first kappa shape index (κ1) is 23.8. The molecule has 0 N–H and O–H groups in total. The van der Waals surface area contributed by atoms with Crippen molar-refractivity contribution in [1.29, 1.82) is 0 Å². The lowest BCUT2D eigenvalue weighted by Crippen LogP contribution is -2.30. The highest BCUT2D eigenvalue weighted by Gasteiger charge is 2.67. The molecule has 2 saturated carbocycles. The second-order valence-corrected chi connectivity index (χ2v) is 8.97. The van der Waals surface area contributed by atoms with Crippen molar-refractivity contribution in [3.8, 4) is 0 Å². The van der Waals surface area contributed by atoms with E-state index in [-0.39, 0.29) is 29.6 Å². The maximum absolute atomic E-state index is 13.4.